The van der Waals surface area contributed by atoms with E-state index in [0.717, 1.165) is 18.5 Å². The van der Waals surface area contributed by atoms with Crippen molar-refractivity contribution in [1.82, 2.24) is 0 Å². The summed E-state index contributed by atoms with van der Waals surface area (Å²) in [6.45, 7) is 2.06. The number of nitrogens with one attached hydrogen (secondary N) is 1. The summed E-state index contributed by atoms with van der Waals surface area (Å²) in [5, 5.41) is 2.84. The average molecular weight is 256 g/mol. The quantitative estimate of drug-likeness (QED) is 0.823. The molecule has 0 radical (unpaired) electrons. The second-order valence-electron chi connectivity index (χ2n) is 3.11. The highest BCUT2D eigenvalue weighted by Crippen LogP contribution is 2.12. The minimum absolute atomic E-state index is 0.0260. The molecule has 1 amide bonds. The van der Waals surface area contributed by atoms with Crippen molar-refractivity contribution in [1.29, 1.82) is 0 Å². The van der Waals surface area contributed by atoms with Crippen LogP contribution in [0.3, 0.4) is 0 Å². The van der Waals surface area contributed by atoms with Gasteiger partial charge in [-0.25, -0.2) is 0 Å². The van der Waals surface area contributed by atoms with Crippen molar-refractivity contribution in [2.45, 2.75) is 24.6 Å². The Labute approximate surface area is 92.8 Å². The van der Waals surface area contributed by atoms with Crippen LogP contribution in [0.1, 0.15) is 19.8 Å². The van der Waals surface area contributed by atoms with Crippen LogP contribution in [0.25, 0.3) is 0 Å². The first-order valence-electron chi connectivity index (χ1n) is 4.74. The predicted octanol–water partition coefficient (Wildman–Crippen LogP) is 3.19. The highest BCUT2D eigenvalue weighted by atomic mass is 79.9. The van der Waals surface area contributed by atoms with E-state index in [1.54, 1.807) is 0 Å². The zero-order valence-corrected chi connectivity index (χ0v) is 9.75. The van der Waals surface area contributed by atoms with E-state index in [1.807, 2.05) is 30.3 Å². The summed E-state index contributed by atoms with van der Waals surface area (Å²) in [4.78, 5) is 11.5. The van der Waals surface area contributed by atoms with E-state index in [-0.39, 0.29) is 10.7 Å². The third-order valence-electron chi connectivity index (χ3n) is 1.87. The van der Waals surface area contributed by atoms with Crippen molar-refractivity contribution in [3.8, 4) is 0 Å². The molecule has 3 heteroatoms. The van der Waals surface area contributed by atoms with E-state index in [4.69, 9.17) is 0 Å². The first-order chi connectivity index (χ1) is 6.74. The third-order valence-corrected chi connectivity index (χ3v) is 2.74. The molecule has 2 nitrogen and oxygen atoms in total. The van der Waals surface area contributed by atoms with Crippen LogP contribution in [0.15, 0.2) is 30.3 Å². The number of carbonyl (C=O) groups excluding carboxylic acids is 1. The number of benzene rings is 1. The molecule has 0 heterocycles. The maximum Gasteiger partial charge on any atom is 0.238 e. The number of para-hydroxylation sites is 1. The number of rotatable bonds is 4. The summed E-state index contributed by atoms with van der Waals surface area (Å²) in [6, 6.07) is 9.48. The van der Waals surface area contributed by atoms with Crippen LogP contribution in [-0.4, -0.2) is 10.7 Å². The second-order valence-corrected chi connectivity index (χ2v) is 4.22. The summed E-state index contributed by atoms with van der Waals surface area (Å²) >= 11 is 3.35. The van der Waals surface area contributed by atoms with E-state index < -0.39 is 0 Å². The number of carbonyl (C=O) groups is 1. The van der Waals surface area contributed by atoms with Gasteiger partial charge >= 0.3 is 0 Å². The van der Waals surface area contributed by atoms with E-state index in [1.165, 1.54) is 0 Å². The van der Waals surface area contributed by atoms with Gasteiger partial charge < -0.3 is 5.32 Å². The van der Waals surface area contributed by atoms with Crippen LogP contribution in [0.4, 0.5) is 5.69 Å². The molecule has 0 aliphatic heterocycles. The van der Waals surface area contributed by atoms with E-state index >= 15 is 0 Å². The molecule has 76 valence electrons. The SMILES string of the molecule is CCCC(Br)C(=O)Nc1ccccc1. The molecule has 0 aliphatic carbocycles. The zero-order valence-electron chi connectivity index (χ0n) is 8.16. The fourth-order valence-corrected chi connectivity index (χ4v) is 1.70. The van der Waals surface area contributed by atoms with Crippen LogP contribution >= 0.6 is 15.9 Å². The van der Waals surface area contributed by atoms with Crippen LogP contribution in [0, 0.1) is 0 Å². The lowest BCUT2D eigenvalue weighted by atomic mass is 10.2. The molecule has 0 spiro atoms. The molecule has 0 bridgehead atoms. The maximum absolute atomic E-state index is 11.5. The van der Waals surface area contributed by atoms with Crippen molar-refractivity contribution in [3.63, 3.8) is 0 Å². The number of amides is 1. The van der Waals surface area contributed by atoms with Crippen molar-refractivity contribution >= 4 is 27.5 Å². The van der Waals surface area contributed by atoms with E-state index in [0.29, 0.717) is 0 Å². The Bertz CT molecular complexity index is 287. The molecule has 1 N–H and O–H groups in total. The average Bonchev–Trinajstić information content (AvgIpc) is 2.19. The summed E-state index contributed by atoms with van der Waals surface area (Å²) < 4.78 is 0. The summed E-state index contributed by atoms with van der Waals surface area (Å²) in [5.41, 5.74) is 0.845. The van der Waals surface area contributed by atoms with Crippen molar-refractivity contribution in [2.24, 2.45) is 0 Å². The van der Waals surface area contributed by atoms with Gasteiger partial charge in [0.2, 0.25) is 5.91 Å². The fourth-order valence-electron chi connectivity index (χ4n) is 1.13. The summed E-state index contributed by atoms with van der Waals surface area (Å²) in [7, 11) is 0. The van der Waals surface area contributed by atoms with Crippen LogP contribution < -0.4 is 5.32 Å². The highest BCUT2D eigenvalue weighted by Gasteiger charge is 2.12. The third kappa shape index (κ3) is 3.50. The maximum atomic E-state index is 11.5. The molecule has 1 rings (SSSR count). The minimum atomic E-state index is -0.0901. The Hall–Kier alpha value is -0.830. The number of alkyl halides is 1. The number of anilines is 1. The van der Waals surface area contributed by atoms with Gasteiger partial charge in [-0.2, -0.15) is 0 Å². The van der Waals surface area contributed by atoms with Gasteiger partial charge in [-0.15, -0.1) is 0 Å². The van der Waals surface area contributed by atoms with Gasteiger partial charge in [0.1, 0.15) is 0 Å². The lowest BCUT2D eigenvalue weighted by molar-refractivity contribution is -0.115. The summed E-state index contributed by atoms with van der Waals surface area (Å²) in [5.74, 6) is 0.0260. The molecule has 0 saturated heterocycles. The predicted molar refractivity (Wildman–Crippen MR) is 62.7 cm³/mol. The molecule has 14 heavy (non-hydrogen) atoms. The Balaban J connectivity index is 2.49. The molecule has 0 saturated carbocycles. The van der Waals surface area contributed by atoms with Gasteiger partial charge in [-0.05, 0) is 18.6 Å². The van der Waals surface area contributed by atoms with Crippen LogP contribution in [-0.2, 0) is 4.79 Å². The smallest absolute Gasteiger partial charge is 0.238 e. The highest BCUT2D eigenvalue weighted by molar-refractivity contribution is 9.10. The van der Waals surface area contributed by atoms with Crippen molar-refractivity contribution in [3.05, 3.63) is 30.3 Å². The molecule has 1 aromatic rings. The normalized spacial score (nSPS) is 12.1. The number of halogens is 1. The Kier molecular flexibility index (Phi) is 4.66. The Morgan fingerprint density at radius 1 is 1.43 bits per heavy atom. The topological polar surface area (TPSA) is 29.1 Å². The molecular weight excluding hydrogens is 242 g/mol. The second kappa shape index (κ2) is 5.81. The standard InChI is InChI=1S/C11H14BrNO/c1-2-6-10(12)11(14)13-9-7-4-3-5-8-9/h3-5,7-8,10H,2,6H2,1H3,(H,13,14). The largest absolute Gasteiger partial charge is 0.325 e. The van der Waals surface area contributed by atoms with Crippen molar-refractivity contribution in [2.75, 3.05) is 5.32 Å². The van der Waals surface area contributed by atoms with Gasteiger partial charge in [0.25, 0.3) is 0 Å². The van der Waals surface area contributed by atoms with E-state index in [9.17, 15) is 4.79 Å². The fraction of sp³-hybridized carbons (Fsp3) is 0.364. The minimum Gasteiger partial charge on any atom is -0.325 e. The van der Waals surface area contributed by atoms with Gasteiger partial charge in [-0.3, -0.25) is 4.79 Å². The van der Waals surface area contributed by atoms with Crippen LogP contribution in [0.5, 0.6) is 0 Å². The first-order valence-corrected chi connectivity index (χ1v) is 5.65. The number of hydrogen-bond donors (Lipinski definition) is 1. The van der Waals surface area contributed by atoms with Gasteiger partial charge in [0.15, 0.2) is 0 Å². The van der Waals surface area contributed by atoms with Gasteiger partial charge in [-0.1, -0.05) is 47.5 Å². The monoisotopic (exact) mass is 255 g/mol. The molecule has 0 fully saturated rings. The molecule has 0 aliphatic rings. The van der Waals surface area contributed by atoms with Crippen LogP contribution in [0.2, 0.25) is 0 Å². The van der Waals surface area contributed by atoms with E-state index in [2.05, 4.69) is 28.2 Å². The Morgan fingerprint density at radius 3 is 2.64 bits per heavy atom. The van der Waals surface area contributed by atoms with Gasteiger partial charge in [0.05, 0.1) is 4.83 Å². The number of hydrogen-bond acceptors (Lipinski definition) is 1. The Morgan fingerprint density at radius 2 is 2.07 bits per heavy atom. The molecular formula is C11H14BrNO. The lowest BCUT2D eigenvalue weighted by Crippen LogP contribution is -2.22. The summed E-state index contributed by atoms with van der Waals surface area (Å²) in [6.07, 6.45) is 1.86. The lowest BCUT2D eigenvalue weighted by Gasteiger charge is -2.09. The zero-order chi connectivity index (χ0) is 10.4. The molecule has 1 aromatic carbocycles. The molecule has 0 aromatic heterocycles. The van der Waals surface area contributed by atoms with Crippen molar-refractivity contribution < 1.29 is 4.79 Å². The van der Waals surface area contributed by atoms with Gasteiger partial charge in [0, 0.05) is 5.69 Å². The first kappa shape index (κ1) is 11.2. The molecule has 1 atom stereocenters. The molecule has 1 unspecified atom stereocenters.